The fourth-order valence-electron chi connectivity index (χ4n) is 1.69. The van der Waals surface area contributed by atoms with Crippen molar-refractivity contribution in [2.75, 3.05) is 12.9 Å². The molecule has 1 aromatic rings. The van der Waals surface area contributed by atoms with E-state index < -0.39 is 0 Å². The highest BCUT2D eigenvalue weighted by Gasteiger charge is 2.05. The van der Waals surface area contributed by atoms with E-state index in [-0.39, 0.29) is 0 Å². The molecule has 0 saturated carbocycles. The summed E-state index contributed by atoms with van der Waals surface area (Å²) in [7, 11) is 1.70. The third-order valence-electron chi connectivity index (χ3n) is 2.76. The van der Waals surface area contributed by atoms with E-state index in [1.165, 1.54) is 23.3 Å². The van der Waals surface area contributed by atoms with Crippen LogP contribution in [0.15, 0.2) is 23.1 Å². The Morgan fingerprint density at radius 3 is 2.76 bits per heavy atom. The smallest absolute Gasteiger partial charge is 0.121 e. The van der Waals surface area contributed by atoms with Gasteiger partial charge in [-0.1, -0.05) is 19.8 Å². The van der Waals surface area contributed by atoms with Crippen LogP contribution in [0.5, 0.6) is 5.75 Å². The summed E-state index contributed by atoms with van der Waals surface area (Å²) in [4.78, 5) is 1.27. The molecule has 3 heteroatoms. The SMILES string of the molecule is CCCCC(N)CSc1ccc(OC)c(C)c1. The molecule has 0 heterocycles. The molecule has 96 valence electrons. The number of hydrogen-bond donors (Lipinski definition) is 1. The molecule has 0 aliphatic heterocycles. The van der Waals surface area contributed by atoms with Crippen molar-refractivity contribution in [2.45, 2.75) is 44.0 Å². The first-order valence-corrected chi connectivity index (χ1v) is 7.19. The van der Waals surface area contributed by atoms with Crippen LogP contribution < -0.4 is 10.5 Å². The molecule has 17 heavy (non-hydrogen) atoms. The minimum absolute atomic E-state index is 0.308. The highest BCUT2D eigenvalue weighted by molar-refractivity contribution is 7.99. The predicted molar refractivity (Wildman–Crippen MR) is 76.0 cm³/mol. The van der Waals surface area contributed by atoms with Crippen LogP contribution in [0, 0.1) is 6.92 Å². The van der Waals surface area contributed by atoms with Gasteiger partial charge in [-0.25, -0.2) is 0 Å². The molecule has 0 aliphatic rings. The topological polar surface area (TPSA) is 35.2 Å². The van der Waals surface area contributed by atoms with Gasteiger partial charge in [0, 0.05) is 16.7 Å². The van der Waals surface area contributed by atoms with Gasteiger partial charge < -0.3 is 10.5 Å². The lowest BCUT2D eigenvalue weighted by Gasteiger charge is -2.11. The molecule has 2 nitrogen and oxygen atoms in total. The molecule has 0 radical (unpaired) electrons. The molecule has 0 fully saturated rings. The molecule has 0 amide bonds. The predicted octanol–water partition coefficient (Wildman–Crippen LogP) is 3.61. The summed E-state index contributed by atoms with van der Waals surface area (Å²) in [5.74, 6) is 1.94. The van der Waals surface area contributed by atoms with Crippen molar-refractivity contribution in [3.63, 3.8) is 0 Å². The van der Waals surface area contributed by atoms with E-state index in [4.69, 9.17) is 10.5 Å². The fourth-order valence-corrected chi connectivity index (χ4v) is 2.69. The minimum Gasteiger partial charge on any atom is -0.496 e. The molecule has 1 atom stereocenters. The number of thioether (sulfide) groups is 1. The van der Waals surface area contributed by atoms with E-state index in [0.717, 1.165) is 17.9 Å². The molecule has 0 saturated heterocycles. The molecule has 1 aromatic carbocycles. The van der Waals surface area contributed by atoms with Gasteiger partial charge in [0.15, 0.2) is 0 Å². The Morgan fingerprint density at radius 1 is 1.41 bits per heavy atom. The van der Waals surface area contributed by atoms with Crippen LogP contribution in [0.4, 0.5) is 0 Å². The second-order valence-corrected chi connectivity index (χ2v) is 5.44. The lowest BCUT2D eigenvalue weighted by Crippen LogP contribution is -2.22. The van der Waals surface area contributed by atoms with Crippen molar-refractivity contribution in [1.29, 1.82) is 0 Å². The average Bonchev–Trinajstić information content (AvgIpc) is 2.34. The quantitative estimate of drug-likeness (QED) is 0.754. The molecule has 0 aliphatic carbocycles. The molecule has 1 rings (SSSR count). The minimum atomic E-state index is 0.308. The standard InChI is InChI=1S/C14H23NOS/c1-4-5-6-12(15)10-17-13-7-8-14(16-3)11(2)9-13/h7-9,12H,4-6,10,15H2,1-3H3. The van der Waals surface area contributed by atoms with Gasteiger partial charge >= 0.3 is 0 Å². The maximum absolute atomic E-state index is 6.06. The summed E-state index contributed by atoms with van der Waals surface area (Å²) >= 11 is 1.83. The monoisotopic (exact) mass is 253 g/mol. The number of aryl methyl sites for hydroxylation is 1. The van der Waals surface area contributed by atoms with E-state index >= 15 is 0 Å². The Labute approximate surface area is 109 Å². The van der Waals surface area contributed by atoms with Gasteiger partial charge in [-0.05, 0) is 37.1 Å². The number of methoxy groups -OCH3 is 1. The van der Waals surface area contributed by atoms with Crippen LogP contribution in [0.3, 0.4) is 0 Å². The number of ether oxygens (including phenoxy) is 1. The number of rotatable bonds is 7. The van der Waals surface area contributed by atoms with E-state index in [2.05, 4.69) is 26.0 Å². The van der Waals surface area contributed by atoms with Crippen molar-refractivity contribution < 1.29 is 4.74 Å². The lowest BCUT2D eigenvalue weighted by atomic mass is 10.2. The third kappa shape index (κ3) is 5.00. The van der Waals surface area contributed by atoms with Crippen molar-refractivity contribution in [1.82, 2.24) is 0 Å². The molecule has 0 spiro atoms. The van der Waals surface area contributed by atoms with Crippen LogP contribution in [0.25, 0.3) is 0 Å². The van der Waals surface area contributed by atoms with Crippen molar-refractivity contribution in [2.24, 2.45) is 5.73 Å². The molecule has 2 N–H and O–H groups in total. The van der Waals surface area contributed by atoms with Crippen molar-refractivity contribution in [3.8, 4) is 5.75 Å². The molecule has 0 aromatic heterocycles. The summed E-state index contributed by atoms with van der Waals surface area (Å²) in [5.41, 5.74) is 7.24. The molecule has 0 bridgehead atoms. The molecular weight excluding hydrogens is 230 g/mol. The summed E-state index contributed by atoms with van der Waals surface area (Å²) in [6.45, 7) is 4.27. The summed E-state index contributed by atoms with van der Waals surface area (Å²) < 4.78 is 5.24. The van der Waals surface area contributed by atoms with E-state index in [1.807, 2.05) is 17.8 Å². The van der Waals surface area contributed by atoms with Crippen LogP contribution in [0.1, 0.15) is 31.7 Å². The van der Waals surface area contributed by atoms with Crippen LogP contribution in [-0.4, -0.2) is 18.9 Å². The van der Waals surface area contributed by atoms with Gasteiger partial charge in [-0.3, -0.25) is 0 Å². The molecular formula is C14H23NOS. The maximum atomic E-state index is 6.06. The van der Waals surface area contributed by atoms with E-state index in [1.54, 1.807) is 7.11 Å². The Morgan fingerprint density at radius 2 is 2.18 bits per heavy atom. The highest BCUT2D eigenvalue weighted by atomic mass is 32.2. The Bertz CT molecular complexity index is 341. The van der Waals surface area contributed by atoms with Crippen molar-refractivity contribution >= 4 is 11.8 Å². The van der Waals surface area contributed by atoms with Crippen LogP contribution in [-0.2, 0) is 0 Å². The van der Waals surface area contributed by atoms with Crippen LogP contribution in [0.2, 0.25) is 0 Å². The van der Waals surface area contributed by atoms with Gasteiger partial charge in [0.25, 0.3) is 0 Å². The van der Waals surface area contributed by atoms with E-state index in [0.29, 0.717) is 6.04 Å². The van der Waals surface area contributed by atoms with Gasteiger partial charge in [0.1, 0.15) is 5.75 Å². The lowest BCUT2D eigenvalue weighted by molar-refractivity contribution is 0.411. The fraction of sp³-hybridized carbons (Fsp3) is 0.571. The first-order chi connectivity index (χ1) is 8.17. The van der Waals surface area contributed by atoms with E-state index in [9.17, 15) is 0 Å². The number of hydrogen-bond acceptors (Lipinski definition) is 3. The first kappa shape index (κ1) is 14.4. The highest BCUT2D eigenvalue weighted by Crippen LogP contribution is 2.25. The van der Waals surface area contributed by atoms with Gasteiger partial charge in [-0.2, -0.15) is 0 Å². The maximum Gasteiger partial charge on any atom is 0.121 e. The summed E-state index contributed by atoms with van der Waals surface area (Å²) in [6, 6.07) is 6.59. The second-order valence-electron chi connectivity index (χ2n) is 4.34. The largest absolute Gasteiger partial charge is 0.496 e. The second kappa shape index (κ2) is 7.62. The number of benzene rings is 1. The zero-order valence-electron chi connectivity index (χ0n) is 11.0. The summed E-state index contributed by atoms with van der Waals surface area (Å²) in [6.07, 6.45) is 3.57. The molecule has 1 unspecified atom stereocenters. The van der Waals surface area contributed by atoms with Crippen molar-refractivity contribution in [3.05, 3.63) is 23.8 Å². The summed E-state index contributed by atoms with van der Waals surface area (Å²) in [5, 5.41) is 0. The Kier molecular flexibility index (Phi) is 6.45. The van der Waals surface area contributed by atoms with Crippen LogP contribution >= 0.6 is 11.8 Å². The normalized spacial score (nSPS) is 12.5. The van der Waals surface area contributed by atoms with Gasteiger partial charge in [0.05, 0.1) is 7.11 Å². The Hall–Kier alpha value is -0.670. The zero-order valence-corrected chi connectivity index (χ0v) is 11.8. The average molecular weight is 253 g/mol. The number of unbranched alkanes of at least 4 members (excludes halogenated alkanes) is 1. The van der Waals surface area contributed by atoms with Gasteiger partial charge in [0.2, 0.25) is 0 Å². The third-order valence-corrected chi connectivity index (χ3v) is 3.94. The number of nitrogens with two attached hydrogens (primary N) is 1. The Balaban J connectivity index is 2.44. The van der Waals surface area contributed by atoms with Gasteiger partial charge in [-0.15, -0.1) is 11.8 Å². The zero-order chi connectivity index (χ0) is 12.7. The first-order valence-electron chi connectivity index (χ1n) is 6.20.